The Morgan fingerprint density at radius 3 is 2.75 bits per heavy atom. The van der Waals surface area contributed by atoms with Crippen LogP contribution in [0.5, 0.6) is 0 Å². The Balaban J connectivity index is 2.28. The highest BCUT2D eigenvalue weighted by Gasteiger charge is 2.12. The van der Waals surface area contributed by atoms with Gasteiger partial charge in [0.25, 0.3) is 5.91 Å². The van der Waals surface area contributed by atoms with Gasteiger partial charge in [0.15, 0.2) is 5.69 Å². The van der Waals surface area contributed by atoms with Gasteiger partial charge in [-0.25, -0.2) is 4.68 Å². The van der Waals surface area contributed by atoms with Gasteiger partial charge in [0.05, 0.1) is 5.69 Å². The van der Waals surface area contributed by atoms with Crippen molar-refractivity contribution in [3.63, 3.8) is 0 Å². The van der Waals surface area contributed by atoms with Crippen LogP contribution >= 0.6 is 11.6 Å². The summed E-state index contributed by atoms with van der Waals surface area (Å²) in [6.45, 7) is 0.558. The second-order valence-electron chi connectivity index (χ2n) is 4.66. The number of benzene rings is 1. The van der Waals surface area contributed by atoms with E-state index >= 15 is 0 Å². The molecule has 20 heavy (non-hydrogen) atoms. The summed E-state index contributed by atoms with van der Waals surface area (Å²) in [5.41, 5.74) is 7.75. The molecule has 2 aromatic rings. The van der Waals surface area contributed by atoms with Crippen molar-refractivity contribution in [2.24, 2.45) is 5.73 Å². The maximum Gasteiger partial charge on any atom is 0.273 e. The highest BCUT2D eigenvalue weighted by molar-refractivity contribution is 6.31. The Kier molecular flexibility index (Phi) is 4.42. The van der Waals surface area contributed by atoms with Gasteiger partial charge in [-0.05, 0) is 36.7 Å². The molecule has 1 amide bonds. The topological polar surface area (TPSA) is 64.2 Å². The summed E-state index contributed by atoms with van der Waals surface area (Å²) in [7, 11) is 3.39. The average molecular weight is 293 g/mol. The van der Waals surface area contributed by atoms with Crippen LogP contribution in [0.3, 0.4) is 0 Å². The molecule has 0 bridgehead atoms. The van der Waals surface area contributed by atoms with Gasteiger partial charge in [0.2, 0.25) is 0 Å². The first kappa shape index (κ1) is 14.6. The van der Waals surface area contributed by atoms with E-state index in [1.807, 2.05) is 18.2 Å². The van der Waals surface area contributed by atoms with Crippen molar-refractivity contribution in [3.8, 4) is 5.69 Å². The summed E-state index contributed by atoms with van der Waals surface area (Å²) in [6.07, 6.45) is 2.48. The highest BCUT2D eigenvalue weighted by Crippen LogP contribution is 2.20. The van der Waals surface area contributed by atoms with Crippen LogP contribution in [-0.4, -0.2) is 41.2 Å². The molecule has 2 N–H and O–H groups in total. The molecule has 0 aliphatic carbocycles. The number of aromatic nitrogens is 2. The van der Waals surface area contributed by atoms with Gasteiger partial charge in [-0.15, -0.1) is 0 Å². The lowest BCUT2D eigenvalue weighted by molar-refractivity contribution is 0.0821. The van der Waals surface area contributed by atoms with Crippen LogP contribution in [0.15, 0.2) is 30.5 Å². The summed E-state index contributed by atoms with van der Waals surface area (Å²) in [5, 5.41) is 4.92. The van der Waals surface area contributed by atoms with Gasteiger partial charge in [-0.3, -0.25) is 4.79 Å². The molecule has 0 spiro atoms. The molecule has 0 aliphatic heterocycles. The van der Waals surface area contributed by atoms with Crippen molar-refractivity contribution in [2.45, 2.75) is 6.42 Å². The first-order valence-corrected chi connectivity index (χ1v) is 6.67. The van der Waals surface area contributed by atoms with E-state index in [1.165, 1.54) is 4.90 Å². The lowest BCUT2D eigenvalue weighted by Gasteiger charge is -2.08. The number of hydrogen-bond donors (Lipinski definition) is 1. The van der Waals surface area contributed by atoms with Gasteiger partial charge >= 0.3 is 0 Å². The van der Waals surface area contributed by atoms with Crippen LogP contribution in [-0.2, 0) is 6.42 Å². The van der Waals surface area contributed by atoms with E-state index in [1.54, 1.807) is 31.0 Å². The Bertz CT molecular complexity index is 621. The number of nitrogens with two attached hydrogens (primary N) is 1. The average Bonchev–Trinajstić information content (AvgIpc) is 2.90. The molecular formula is C14H17ClN4O. The molecule has 1 aromatic heterocycles. The van der Waals surface area contributed by atoms with E-state index in [2.05, 4.69) is 5.10 Å². The molecule has 0 fully saturated rings. The van der Waals surface area contributed by atoms with E-state index < -0.39 is 0 Å². The molecule has 0 unspecified atom stereocenters. The largest absolute Gasteiger partial charge is 0.343 e. The van der Waals surface area contributed by atoms with Gasteiger partial charge in [0.1, 0.15) is 0 Å². The van der Waals surface area contributed by atoms with Crippen molar-refractivity contribution < 1.29 is 4.79 Å². The third-order valence-electron chi connectivity index (χ3n) is 2.93. The normalized spacial score (nSPS) is 10.6. The number of halogens is 1. The van der Waals surface area contributed by atoms with Crippen molar-refractivity contribution in [1.29, 1.82) is 0 Å². The number of amides is 1. The molecule has 0 saturated heterocycles. The van der Waals surface area contributed by atoms with E-state index in [4.69, 9.17) is 17.3 Å². The van der Waals surface area contributed by atoms with Crippen molar-refractivity contribution in [2.75, 3.05) is 20.6 Å². The highest BCUT2D eigenvalue weighted by atomic mass is 35.5. The minimum absolute atomic E-state index is 0.130. The Labute approximate surface area is 122 Å². The first-order valence-electron chi connectivity index (χ1n) is 6.29. The molecule has 2 rings (SSSR count). The van der Waals surface area contributed by atoms with Gasteiger partial charge in [0, 0.05) is 25.3 Å². The fourth-order valence-electron chi connectivity index (χ4n) is 1.85. The molecule has 5 nitrogen and oxygen atoms in total. The van der Waals surface area contributed by atoms with Gasteiger partial charge in [-0.2, -0.15) is 5.10 Å². The predicted octanol–water partition coefficient (Wildman–Crippen LogP) is 1.73. The zero-order valence-electron chi connectivity index (χ0n) is 11.5. The minimum Gasteiger partial charge on any atom is -0.343 e. The number of carbonyl (C=O) groups is 1. The molecule has 0 aliphatic rings. The zero-order chi connectivity index (χ0) is 14.7. The van der Waals surface area contributed by atoms with Gasteiger partial charge in [-0.1, -0.05) is 17.7 Å². The maximum absolute atomic E-state index is 11.8. The molecule has 0 atom stereocenters. The number of rotatable bonds is 4. The summed E-state index contributed by atoms with van der Waals surface area (Å²) < 4.78 is 1.63. The van der Waals surface area contributed by atoms with Crippen LogP contribution in [0, 0.1) is 0 Å². The SMILES string of the molecule is CN(C)C(=O)c1ccn(-c2ccc(CCN)c(Cl)c2)n1. The van der Waals surface area contributed by atoms with E-state index in [9.17, 15) is 4.79 Å². The quantitative estimate of drug-likeness (QED) is 0.933. The smallest absolute Gasteiger partial charge is 0.273 e. The maximum atomic E-state index is 11.8. The minimum atomic E-state index is -0.130. The summed E-state index contributed by atoms with van der Waals surface area (Å²) in [5.74, 6) is -0.130. The van der Waals surface area contributed by atoms with E-state index in [-0.39, 0.29) is 5.91 Å². The van der Waals surface area contributed by atoms with Crippen LogP contribution in [0.1, 0.15) is 16.1 Å². The Hall–Kier alpha value is -1.85. The molecule has 0 radical (unpaired) electrons. The van der Waals surface area contributed by atoms with E-state index in [0.717, 1.165) is 17.7 Å². The molecule has 0 saturated carbocycles. The number of hydrogen-bond acceptors (Lipinski definition) is 3. The van der Waals surface area contributed by atoms with Crippen LogP contribution < -0.4 is 5.73 Å². The lowest BCUT2D eigenvalue weighted by atomic mass is 10.1. The monoisotopic (exact) mass is 292 g/mol. The standard InChI is InChI=1S/C14H17ClN4O/c1-18(2)14(20)13-6-8-19(17-13)11-4-3-10(5-7-16)12(15)9-11/h3-4,6,8-9H,5,7,16H2,1-2H3. The summed E-state index contributed by atoms with van der Waals surface area (Å²) in [4.78, 5) is 13.3. The molecule has 1 aromatic carbocycles. The third kappa shape index (κ3) is 3.00. The zero-order valence-corrected chi connectivity index (χ0v) is 12.3. The lowest BCUT2D eigenvalue weighted by Crippen LogP contribution is -2.22. The fourth-order valence-corrected chi connectivity index (χ4v) is 2.12. The summed E-state index contributed by atoms with van der Waals surface area (Å²) >= 11 is 6.21. The summed E-state index contributed by atoms with van der Waals surface area (Å²) in [6, 6.07) is 7.35. The van der Waals surface area contributed by atoms with Crippen molar-refractivity contribution in [1.82, 2.24) is 14.7 Å². The van der Waals surface area contributed by atoms with Gasteiger partial charge < -0.3 is 10.6 Å². The fraction of sp³-hybridized carbons (Fsp3) is 0.286. The van der Waals surface area contributed by atoms with Crippen LogP contribution in [0.4, 0.5) is 0 Å². The molecule has 6 heteroatoms. The number of carbonyl (C=O) groups excluding carboxylic acids is 1. The van der Waals surface area contributed by atoms with Crippen LogP contribution in [0.25, 0.3) is 5.69 Å². The van der Waals surface area contributed by atoms with Crippen molar-refractivity contribution >= 4 is 17.5 Å². The second kappa shape index (κ2) is 6.07. The predicted molar refractivity (Wildman–Crippen MR) is 79.3 cm³/mol. The first-order chi connectivity index (χ1) is 9.52. The molecule has 1 heterocycles. The Morgan fingerprint density at radius 2 is 2.15 bits per heavy atom. The van der Waals surface area contributed by atoms with E-state index in [0.29, 0.717) is 17.3 Å². The van der Waals surface area contributed by atoms with Crippen LogP contribution in [0.2, 0.25) is 5.02 Å². The Morgan fingerprint density at radius 1 is 1.40 bits per heavy atom. The second-order valence-corrected chi connectivity index (χ2v) is 5.07. The molecular weight excluding hydrogens is 276 g/mol. The third-order valence-corrected chi connectivity index (χ3v) is 3.28. The van der Waals surface area contributed by atoms with Crippen molar-refractivity contribution in [3.05, 3.63) is 46.7 Å². The number of nitrogens with zero attached hydrogens (tertiary/aromatic N) is 3. The molecule has 106 valence electrons.